The fourth-order valence-electron chi connectivity index (χ4n) is 3.69. The second-order valence-corrected chi connectivity index (χ2v) is 7.51. The summed E-state index contributed by atoms with van der Waals surface area (Å²) in [4.78, 5) is 12.3. The van der Waals surface area contributed by atoms with E-state index in [4.69, 9.17) is 4.74 Å². The van der Waals surface area contributed by atoms with Gasteiger partial charge in [-0.25, -0.2) is 0 Å². The van der Waals surface area contributed by atoms with Crippen LogP contribution in [0.25, 0.3) is 0 Å². The van der Waals surface area contributed by atoms with Gasteiger partial charge in [-0.2, -0.15) is 0 Å². The molecule has 2 nitrogen and oxygen atoms in total. The molecule has 0 heterocycles. The Kier molecular flexibility index (Phi) is 5.69. The minimum Gasteiger partial charge on any atom is -0.459 e. The summed E-state index contributed by atoms with van der Waals surface area (Å²) in [6.45, 7) is 14.2. The number of hydrogen-bond acceptors (Lipinski definition) is 2. The summed E-state index contributed by atoms with van der Waals surface area (Å²) in [7, 11) is 0. The van der Waals surface area contributed by atoms with E-state index in [0.717, 1.165) is 18.3 Å². The second-order valence-electron chi connectivity index (χ2n) is 7.51. The van der Waals surface area contributed by atoms with Crippen LogP contribution in [-0.4, -0.2) is 11.6 Å². The molecule has 0 spiro atoms. The van der Waals surface area contributed by atoms with Crippen molar-refractivity contribution in [3.8, 4) is 0 Å². The zero-order valence-corrected chi connectivity index (χ0v) is 14.6. The molecule has 0 radical (unpaired) electrons. The zero-order valence-electron chi connectivity index (χ0n) is 14.6. The first-order chi connectivity index (χ1) is 9.26. The summed E-state index contributed by atoms with van der Waals surface area (Å²) in [5.74, 6) is 2.24. The van der Waals surface area contributed by atoms with E-state index in [2.05, 4.69) is 13.8 Å². The Bertz CT molecular complexity index is 330. The third kappa shape index (κ3) is 3.56. The number of carbonyl (C=O) groups excluding carboxylic acids is 1. The van der Waals surface area contributed by atoms with Gasteiger partial charge in [0.25, 0.3) is 0 Å². The average molecular weight is 282 g/mol. The maximum Gasteiger partial charge on any atom is 0.312 e. The Morgan fingerprint density at radius 3 is 2.10 bits per heavy atom. The van der Waals surface area contributed by atoms with Crippen molar-refractivity contribution in [3.05, 3.63) is 0 Å². The van der Waals surface area contributed by atoms with Gasteiger partial charge in [0.15, 0.2) is 0 Å². The second kappa shape index (κ2) is 6.49. The number of esters is 1. The van der Waals surface area contributed by atoms with Crippen LogP contribution >= 0.6 is 0 Å². The predicted octanol–water partition coefficient (Wildman–Crippen LogP) is 5.21. The van der Waals surface area contributed by atoms with Crippen molar-refractivity contribution in [1.82, 2.24) is 0 Å². The third-order valence-corrected chi connectivity index (χ3v) is 5.42. The van der Waals surface area contributed by atoms with Gasteiger partial charge in [0.05, 0.1) is 5.41 Å². The van der Waals surface area contributed by atoms with E-state index in [9.17, 15) is 4.79 Å². The molecule has 2 rings (SSSR count). The lowest BCUT2D eigenvalue weighted by Gasteiger charge is -2.38. The van der Waals surface area contributed by atoms with E-state index in [0.29, 0.717) is 5.92 Å². The molecule has 3 unspecified atom stereocenters. The molecule has 2 bridgehead atoms. The van der Waals surface area contributed by atoms with Gasteiger partial charge in [0, 0.05) is 5.92 Å². The topological polar surface area (TPSA) is 26.3 Å². The third-order valence-electron chi connectivity index (χ3n) is 5.42. The van der Waals surface area contributed by atoms with Gasteiger partial charge in [0.1, 0.15) is 5.60 Å². The number of hydrogen-bond donors (Lipinski definition) is 0. The highest BCUT2D eigenvalue weighted by Gasteiger charge is 2.49. The molecular formula is C18H34O2. The summed E-state index contributed by atoms with van der Waals surface area (Å²) < 4.78 is 5.89. The Morgan fingerprint density at radius 2 is 1.70 bits per heavy atom. The Labute approximate surface area is 125 Å². The van der Waals surface area contributed by atoms with E-state index in [1.54, 1.807) is 0 Å². The highest BCUT2D eigenvalue weighted by molar-refractivity contribution is 5.76. The molecule has 2 aliphatic carbocycles. The lowest BCUT2D eigenvalue weighted by atomic mass is 9.77. The molecule has 2 heteroatoms. The highest BCUT2D eigenvalue weighted by atomic mass is 16.6. The summed E-state index contributed by atoms with van der Waals surface area (Å²) in [5.41, 5.74) is -0.641. The molecule has 118 valence electrons. The van der Waals surface area contributed by atoms with Crippen molar-refractivity contribution in [1.29, 1.82) is 0 Å². The first-order valence-electron chi connectivity index (χ1n) is 8.49. The largest absolute Gasteiger partial charge is 0.459 e. The number of ether oxygens (including phenoxy) is 1. The van der Waals surface area contributed by atoms with Crippen LogP contribution in [0.2, 0.25) is 0 Å². The molecule has 2 saturated carbocycles. The molecule has 0 aliphatic heterocycles. The monoisotopic (exact) mass is 282 g/mol. The van der Waals surface area contributed by atoms with Crippen molar-refractivity contribution in [2.75, 3.05) is 0 Å². The van der Waals surface area contributed by atoms with E-state index >= 15 is 0 Å². The normalized spacial score (nSPS) is 28.9. The van der Waals surface area contributed by atoms with Gasteiger partial charge in [0.2, 0.25) is 0 Å². The fourth-order valence-corrected chi connectivity index (χ4v) is 3.69. The Balaban J connectivity index is 0.000000956. The summed E-state index contributed by atoms with van der Waals surface area (Å²) in [5, 5.41) is 0. The quantitative estimate of drug-likeness (QED) is 0.662. The van der Waals surface area contributed by atoms with Crippen molar-refractivity contribution in [2.45, 2.75) is 86.2 Å². The number of fused-ring (bicyclic) bond motifs is 2. The molecule has 2 aliphatic rings. The van der Waals surface area contributed by atoms with Crippen molar-refractivity contribution in [3.63, 3.8) is 0 Å². The minimum atomic E-state index is -0.352. The minimum absolute atomic E-state index is 0.0298. The van der Waals surface area contributed by atoms with Gasteiger partial charge in [-0.05, 0) is 65.2 Å². The van der Waals surface area contributed by atoms with E-state index in [1.165, 1.54) is 25.7 Å². The molecule has 20 heavy (non-hydrogen) atoms. The first kappa shape index (κ1) is 17.5. The fraction of sp³-hybridized carbons (Fsp3) is 0.944. The van der Waals surface area contributed by atoms with Gasteiger partial charge < -0.3 is 4.74 Å². The van der Waals surface area contributed by atoms with Crippen LogP contribution < -0.4 is 0 Å². The van der Waals surface area contributed by atoms with Crippen LogP contribution in [0.1, 0.15) is 80.6 Å². The number of carbonyl (C=O) groups is 1. The lowest BCUT2D eigenvalue weighted by molar-refractivity contribution is -0.174. The van der Waals surface area contributed by atoms with Crippen LogP contribution in [0.4, 0.5) is 0 Å². The van der Waals surface area contributed by atoms with Crippen LogP contribution in [0.3, 0.4) is 0 Å². The van der Waals surface area contributed by atoms with E-state index < -0.39 is 0 Å². The van der Waals surface area contributed by atoms with E-state index in [1.807, 2.05) is 34.6 Å². The molecule has 0 aromatic rings. The Hall–Kier alpha value is -0.530. The SMILES string of the molecule is CC.CCC(C)(C)C(=O)OC(C)(C)C1CC2CCC1C2. The van der Waals surface area contributed by atoms with Gasteiger partial charge in [-0.3, -0.25) is 4.79 Å². The molecule has 0 N–H and O–H groups in total. The highest BCUT2D eigenvalue weighted by Crippen LogP contribution is 2.53. The number of rotatable bonds is 4. The van der Waals surface area contributed by atoms with Crippen LogP contribution in [0.15, 0.2) is 0 Å². The van der Waals surface area contributed by atoms with Crippen molar-refractivity contribution < 1.29 is 9.53 Å². The standard InChI is InChI=1S/C16H28O2.C2H6/c1-6-15(2,3)14(17)18-16(4,5)13-10-11-7-8-12(13)9-11;1-2/h11-13H,6-10H2,1-5H3;1-2H3. The first-order valence-corrected chi connectivity index (χ1v) is 8.49. The van der Waals surface area contributed by atoms with Crippen molar-refractivity contribution >= 4 is 5.97 Å². The lowest BCUT2D eigenvalue weighted by Crippen LogP contribution is -2.42. The summed E-state index contributed by atoms with van der Waals surface area (Å²) in [6, 6.07) is 0. The summed E-state index contributed by atoms with van der Waals surface area (Å²) in [6.07, 6.45) is 6.19. The molecular weight excluding hydrogens is 248 g/mol. The summed E-state index contributed by atoms with van der Waals surface area (Å²) >= 11 is 0. The molecule has 3 atom stereocenters. The molecule has 0 aromatic carbocycles. The average Bonchev–Trinajstić information content (AvgIpc) is 3.03. The maximum atomic E-state index is 12.3. The smallest absolute Gasteiger partial charge is 0.312 e. The van der Waals surface area contributed by atoms with Gasteiger partial charge >= 0.3 is 5.97 Å². The van der Waals surface area contributed by atoms with Crippen LogP contribution in [0.5, 0.6) is 0 Å². The Morgan fingerprint density at radius 1 is 1.10 bits per heavy atom. The van der Waals surface area contributed by atoms with Gasteiger partial charge in [-0.1, -0.05) is 27.2 Å². The van der Waals surface area contributed by atoms with Crippen molar-refractivity contribution in [2.24, 2.45) is 23.2 Å². The molecule has 0 amide bonds. The van der Waals surface area contributed by atoms with E-state index in [-0.39, 0.29) is 17.0 Å². The zero-order chi connectivity index (χ0) is 15.6. The van der Waals surface area contributed by atoms with Gasteiger partial charge in [-0.15, -0.1) is 0 Å². The molecule has 0 saturated heterocycles. The molecule has 0 aromatic heterocycles. The maximum absolute atomic E-state index is 12.3. The van der Waals surface area contributed by atoms with Crippen LogP contribution in [0, 0.1) is 23.2 Å². The predicted molar refractivity (Wildman–Crippen MR) is 84.5 cm³/mol. The van der Waals surface area contributed by atoms with Crippen LogP contribution in [-0.2, 0) is 9.53 Å². The molecule has 2 fully saturated rings.